The molecule has 2 heteroatoms. The number of hydrogen-bond acceptors (Lipinski definition) is 1. The third kappa shape index (κ3) is 0.745. The quantitative estimate of drug-likeness (QED) is 0.404. The van der Waals surface area contributed by atoms with Gasteiger partial charge in [-0.2, -0.15) is 5.26 Å². The smallest absolute Gasteiger partial charge is 0.0587 e. The molecule has 0 saturated heterocycles. The van der Waals surface area contributed by atoms with Gasteiger partial charge in [-0.25, -0.2) is 0 Å². The molecule has 0 amide bonds. The van der Waals surface area contributed by atoms with E-state index in [1.54, 1.807) is 6.07 Å². The van der Waals surface area contributed by atoms with Gasteiger partial charge >= 0.3 is 0 Å². The van der Waals surface area contributed by atoms with Gasteiger partial charge in [0.05, 0.1) is 6.07 Å². The zero-order valence-corrected chi connectivity index (χ0v) is 2.36. The van der Waals surface area contributed by atoms with Crippen LogP contribution in [0.3, 0.4) is 0 Å². The standard InChI is InChI=1S/C2H3N.FH/c1-2-3;/h1H3;1H. The first-order valence-corrected chi connectivity index (χ1v) is 0.724. The van der Waals surface area contributed by atoms with Crippen molar-refractivity contribution in [2.45, 2.75) is 6.92 Å². The van der Waals surface area contributed by atoms with Crippen LogP contribution in [0.5, 0.6) is 0 Å². The molecule has 0 aromatic rings. The average molecular weight is 61.1 g/mol. The van der Waals surface area contributed by atoms with Gasteiger partial charge in [0.15, 0.2) is 0 Å². The second-order valence-electron chi connectivity index (χ2n) is 0.224. The average Bonchev–Trinajstić information content (AvgIpc) is 0.918. The molecule has 0 atom stereocenters. The third-order valence-corrected chi connectivity index (χ3v) is 0. The van der Waals surface area contributed by atoms with Crippen molar-refractivity contribution in [3.63, 3.8) is 0 Å². The summed E-state index contributed by atoms with van der Waals surface area (Å²) in [6, 6.07) is 1.75. The fraction of sp³-hybridized carbons (Fsp3) is 0.500. The molecule has 0 N–H and O–H groups in total. The highest BCUT2D eigenvalue weighted by Crippen LogP contribution is 1.21. The van der Waals surface area contributed by atoms with E-state index in [2.05, 4.69) is 0 Å². The predicted octanol–water partition coefficient (Wildman–Crippen LogP) is 0.682. The number of halogens is 1. The molecule has 0 fully saturated rings. The van der Waals surface area contributed by atoms with Crippen LogP contribution in [-0.4, -0.2) is 0 Å². The van der Waals surface area contributed by atoms with Crippen molar-refractivity contribution >= 4 is 0 Å². The number of rotatable bonds is 0. The van der Waals surface area contributed by atoms with Crippen molar-refractivity contribution in [3.05, 3.63) is 0 Å². The minimum atomic E-state index is 0. The molecular weight excluding hydrogens is 57.0 g/mol. The van der Waals surface area contributed by atoms with Crippen LogP contribution in [0.2, 0.25) is 0 Å². The Labute approximate surface area is 24.2 Å². The molecule has 24 valence electrons. The van der Waals surface area contributed by atoms with E-state index in [1.165, 1.54) is 6.92 Å². The SMILES string of the molecule is CC#N.F. The Hall–Kier alpha value is -0.580. The second kappa shape index (κ2) is 27.7. The van der Waals surface area contributed by atoms with Crippen LogP contribution in [0, 0.1) is 11.3 Å². The normalized spacial score (nSPS) is 2.00. The lowest BCUT2D eigenvalue weighted by molar-refractivity contribution is 1.11. The van der Waals surface area contributed by atoms with E-state index >= 15 is 0 Å². The second-order valence-corrected chi connectivity index (χ2v) is 0.224. The molecule has 1 nitrogen and oxygen atoms in total. The molecule has 0 unspecified atom stereocenters. The van der Waals surface area contributed by atoms with Crippen LogP contribution in [-0.2, 0) is 0 Å². The van der Waals surface area contributed by atoms with Crippen LogP contribution in [0.4, 0.5) is 4.70 Å². The molecule has 0 aliphatic heterocycles. The summed E-state index contributed by atoms with van der Waals surface area (Å²) in [4.78, 5) is 0. The number of hydrogen-bond donors (Lipinski definition) is 0. The van der Waals surface area contributed by atoms with Crippen LogP contribution >= 0.6 is 0 Å². The topological polar surface area (TPSA) is 23.8 Å². The van der Waals surface area contributed by atoms with Gasteiger partial charge in [0.25, 0.3) is 0 Å². The van der Waals surface area contributed by atoms with Crippen molar-refractivity contribution in [2.75, 3.05) is 0 Å². The van der Waals surface area contributed by atoms with E-state index in [4.69, 9.17) is 5.26 Å². The molecule has 0 saturated carbocycles. The molecule has 0 radical (unpaired) electrons. The van der Waals surface area contributed by atoms with E-state index in [0.717, 1.165) is 0 Å². The van der Waals surface area contributed by atoms with E-state index < -0.39 is 0 Å². The van der Waals surface area contributed by atoms with Gasteiger partial charge in [0.2, 0.25) is 0 Å². The number of nitrogens with zero attached hydrogens (tertiary/aromatic N) is 1. The number of nitriles is 1. The summed E-state index contributed by atoms with van der Waals surface area (Å²) in [6.07, 6.45) is 0. The van der Waals surface area contributed by atoms with Gasteiger partial charge in [0.1, 0.15) is 0 Å². The maximum absolute atomic E-state index is 7.32. The maximum atomic E-state index is 7.32. The molecule has 0 aliphatic rings. The van der Waals surface area contributed by atoms with E-state index in [0.29, 0.717) is 0 Å². The van der Waals surface area contributed by atoms with Crippen molar-refractivity contribution in [2.24, 2.45) is 0 Å². The largest absolute Gasteiger partial charge is 0.269 e. The summed E-state index contributed by atoms with van der Waals surface area (Å²) in [5.41, 5.74) is 0. The summed E-state index contributed by atoms with van der Waals surface area (Å²) in [5.74, 6) is 0. The summed E-state index contributed by atoms with van der Waals surface area (Å²) in [5, 5.41) is 7.32. The summed E-state index contributed by atoms with van der Waals surface area (Å²) in [7, 11) is 0. The van der Waals surface area contributed by atoms with Gasteiger partial charge in [-0.15, -0.1) is 0 Å². The molecule has 0 aromatic carbocycles. The van der Waals surface area contributed by atoms with Gasteiger partial charge in [-0.1, -0.05) is 0 Å². The lowest BCUT2D eigenvalue weighted by atomic mass is 11.0. The first kappa shape index (κ1) is 9.93. The summed E-state index contributed by atoms with van der Waals surface area (Å²) < 4.78 is 0. The fourth-order valence-corrected chi connectivity index (χ4v) is 0. The Morgan fingerprint density at radius 3 is 1.75 bits per heavy atom. The molecule has 0 spiro atoms. The summed E-state index contributed by atoms with van der Waals surface area (Å²) >= 11 is 0. The Kier molecular flexibility index (Phi) is 68.7. The monoisotopic (exact) mass is 61.0 g/mol. The van der Waals surface area contributed by atoms with Crippen LogP contribution in [0.25, 0.3) is 0 Å². The maximum Gasteiger partial charge on any atom is 0.0587 e. The molecule has 0 bridgehead atoms. The van der Waals surface area contributed by atoms with Crippen molar-refractivity contribution < 1.29 is 4.70 Å². The Morgan fingerprint density at radius 1 is 1.75 bits per heavy atom. The van der Waals surface area contributed by atoms with Crippen molar-refractivity contribution in [1.82, 2.24) is 0 Å². The summed E-state index contributed by atoms with van der Waals surface area (Å²) in [6.45, 7) is 1.43. The van der Waals surface area contributed by atoms with Crippen molar-refractivity contribution in [1.29, 1.82) is 5.26 Å². The van der Waals surface area contributed by atoms with Gasteiger partial charge in [0, 0.05) is 6.92 Å². The zero-order valence-electron chi connectivity index (χ0n) is 2.36. The molecular formula is C2H4FN. The Morgan fingerprint density at radius 2 is 1.75 bits per heavy atom. The van der Waals surface area contributed by atoms with E-state index in [1.807, 2.05) is 0 Å². The minimum absolute atomic E-state index is 0. The van der Waals surface area contributed by atoms with Crippen LogP contribution in [0.1, 0.15) is 6.92 Å². The Balaban J connectivity index is 0. The van der Waals surface area contributed by atoms with Crippen molar-refractivity contribution in [3.8, 4) is 6.07 Å². The van der Waals surface area contributed by atoms with Gasteiger partial charge in [-0.05, 0) is 0 Å². The van der Waals surface area contributed by atoms with Gasteiger partial charge in [-0.3, -0.25) is 4.70 Å². The molecule has 0 rings (SSSR count). The van der Waals surface area contributed by atoms with E-state index in [-0.39, 0.29) is 4.70 Å². The van der Waals surface area contributed by atoms with E-state index in [9.17, 15) is 0 Å². The fourth-order valence-electron chi connectivity index (χ4n) is 0. The Bertz CT molecular complexity index is 27.5. The lowest BCUT2D eigenvalue weighted by Gasteiger charge is -1.15. The highest BCUT2D eigenvalue weighted by Gasteiger charge is 1.17. The molecule has 0 heterocycles. The highest BCUT2D eigenvalue weighted by atomic mass is 19.0. The molecule has 0 aromatic heterocycles. The third-order valence-electron chi connectivity index (χ3n) is 0. The zero-order chi connectivity index (χ0) is 2.71. The van der Waals surface area contributed by atoms with Gasteiger partial charge < -0.3 is 0 Å². The first-order chi connectivity index (χ1) is 1.41. The lowest BCUT2D eigenvalue weighted by Crippen LogP contribution is -1.10. The predicted molar refractivity (Wildman–Crippen MR) is 13.8 cm³/mol. The van der Waals surface area contributed by atoms with Crippen LogP contribution < -0.4 is 0 Å². The highest BCUT2D eigenvalue weighted by molar-refractivity contribution is 4.51. The van der Waals surface area contributed by atoms with Crippen LogP contribution in [0.15, 0.2) is 0 Å². The minimum Gasteiger partial charge on any atom is -0.269 e. The molecule has 0 aliphatic carbocycles. The first-order valence-electron chi connectivity index (χ1n) is 0.724. The molecule has 4 heavy (non-hydrogen) atoms.